The average molecular weight is 292 g/mol. The minimum Gasteiger partial charge on any atom is -0.383 e. The van der Waals surface area contributed by atoms with E-state index in [2.05, 4.69) is 17.5 Å². The van der Waals surface area contributed by atoms with Gasteiger partial charge in [-0.05, 0) is 25.2 Å². The van der Waals surface area contributed by atoms with Crippen molar-refractivity contribution in [2.24, 2.45) is 13.0 Å². The monoisotopic (exact) mass is 292 g/mol. The summed E-state index contributed by atoms with van der Waals surface area (Å²) >= 11 is 0. The lowest BCUT2D eigenvalue weighted by atomic mass is 10.0. The number of hydrogen-bond donors (Lipinski definition) is 2. The first-order valence-corrected chi connectivity index (χ1v) is 7.42. The maximum Gasteiger partial charge on any atom is 0.332 e. The minimum absolute atomic E-state index is 0.190. The summed E-state index contributed by atoms with van der Waals surface area (Å²) in [5, 5.41) is 3.23. The maximum atomic E-state index is 12.3. The summed E-state index contributed by atoms with van der Waals surface area (Å²) in [6.45, 7) is 4.52. The molecule has 0 bridgehead atoms. The van der Waals surface area contributed by atoms with E-state index in [1.807, 2.05) is 13.8 Å². The van der Waals surface area contributed by atoms with Crippen LogP contribution in [0.5, 0.6) is 0 Å². The molecular weight excluding hydrogens is 268 g/mol. The number of nitrogens with two attached hydrogens (primary N) is 1. The van der Waals surface area contributed by atoms with Gasteiger partial charge in [0.1, 0.15) is 11.5 Å². The summed E-state index contributed by atoms with van der Waals surface area (Å²) < 4.78 is 2.60. The molecule has 6 nitrogen and oxygen atoms in total. The SMILES string of the molecule is CC(C)Cn1c(N)c(NC2CC=CCC2)c(=O)n(C)c1=O. The van der Waals surface area contributed by atoms with E-state index in [1.165, 1.54) is 11.6 Å². The fourth-order valence-corrected chi connectivity index (χ4v) is 2.59. The Hall–Kier alpha value is -1.98. The highest BCUT2D eigenvalue weighted by molar-refractivity contribution is 5.61. The van der Waals surface area contributed by atoms with Gasteiger partial charge in [0.05, 0.1) is 0 Å². The van der Waals surface area contributed by atoms with Crippen LogP contribution in [0.25, 0.3) is 0 Å². The first-order valence-electron chi connectivity index (χ1n) is 7.42. The zero-order valence-corrected chi connectivity index (χ0v) is 12.9. The molecule has 6 heteroatoms. The van der Waals surface area contributed by atoms with Crippen LogP contribution in [-0.2, 0) is 13.6 Å². The van der Waals surface area contributed by atoms with Crippen LogP contribution in [0.2, 0.25) is 0 Å². The Morgan fingerprint density at radius 2 is 2.10 bits per heavy atom. The molecule has 0 amide bonds. The molecule has 0 radical (unpaired) electrons. The number of nitrogens with one attached hydrogen (secondary N) is 1. The molecule has 0 aliphatic heterocycles. The van der Waals surface area contributed by atoms with Gasteiger partial charge in [-0.15, -0.1) is 0 Å². The molecule has 2 rings (SSSR count). The predicted octanol–water partition coefficient (Wildman–Crippen LogP) is 1.31. The second-order valence-electron chi connectivity index (χ2n) is 6.04. The second kappa shape index (κ2) is 6.20. The van der Waals surface area contributed by atoms with Crippen LogP contribution >= 0.6 is 0 Å². The molecule has 1 aromatic heterocycles. The molecule has 21 heavy (non-hydrogen) atoms. The molecule has 1 aliphatic rings. The number of anilines is 2. The Balaban J connectivity index is 2.44. The van der Waals surface area contributed by atoms with Gasteiger partial charge in [-0.3, -0.25) is 13.9 Å². The molecular formula is C15H24N4O2. The van der Waals surface area contributed by atoms with Crippen molar-refractivity contribution in [1.29, 1.82) is 0 Å². The maximum absolute atomic E-state index is 12.3. The van der Waals surface area contributed by atoms with Gasteiger partial charge in [0.15, 0.2) is 0 Å². The van der Waals surface area contributed by atoms with Crippen LogP contribution in [0.1, 0.15) is 33.1 Å². The molecule has 0 aromatic carbocycles. The quantitative estimate of drug-likeness (QED) is 0.820. The molecule has 116 valence electrons. The third kappa shape index (κ3) is 3.20. The van der Waals surface area contributed by atoms with Gasteiger partial charge in [-0.25, -0.2) is 4.79 Å². The summed E-state index contributed by atoms with van der Waals surface area (Å²) in [6, 6.07) is 0.190. The Morgan fingerprint density at radius 1 is 1.38 bits per heavy atom. The first kappa shape index (κ1) is 15.4. The Labute approximate surface area is 124 Å². The first-order chi connectivity index (χ1) is 9.91. The number of nitrogen functional groups attached to an aromatic ring is 1. The number of rotatable bonds is 4. The van der Waals surface area contributed by atoms with Crippen LogP contribution in [0.3, 0.4) is 0 Å². The van der Waals surface area contributed by atoms with Crippen molar-refractivity contribution in [1.82, 2.24) is 9.13 Å². The zero-order chi connectivity index (χ0) is 15.6. The van der Waals surface area contributed by atoms with E-state index >= 15 is 0 Å². The average Bonchev–Trinajstić information content (AvgIpc) is 2.47. The van der Waals surface area contributed by atoms with Crippen LogP contribution in [0.4, 0.5) is 11.5 Å². The summed E-state index contributed by atoms with van der Waals surface area (Å²) in [6.07, 6.45) is 7.06. The van der Waals surface area contributed by atoms with E-state index in [0.717, 1.165) is 23.8 Å². The molecule has 1 aliphatic carbocycles. The Kier molecular flexibility index (Phi) is 4.55. The van der Waals surface area contributed by atoms with Crippen molar-refractivity contribution >= 4 is 11.5 Å². The van der Waals surface area contributed by atoms with Gasteiger partial charge < -0.3 is 11.1 Å². The lowest BCUT2D eigenvalue weighted by Crippen LogP contribution is -2.42. The lowest BCUT2D eigenvalue weighted by Gasteiger charge is -2.23. The van der Waals surface area contributed by atoms with Crippen LogP contribution < -0.4 is 22.3 Å². The van der Waals surface area contributed by atoms with Crippen molar-refractivity contribution in [3.8, 4) is 0 Å². The van der Waals surface area contributed by atoms with Crippen LogP contribution in [0.15, 0.2) is 21.7 Å². The van der Waals surface area contributed by atoms with Crippen LogP contribution in [-0.4, -0.2) is 15.2 Å². The van der Waals surface area contributed by atoms with Crippen molar-refractivity contribution in [2.45, 2.75) is 45.7 Å². The van der Waals surface area contributed by atoms with Crippen LogP contribution in [0, 0.1) is 5.92 Å². The smallest absolute Gasteiger partial charge is 0.332 e. The van der Waals surface area contributed by atoms with E-state index in [-0.39, 0.29) is 29.0 Å². The topological polar surface area (TPSA) is 82.0 Å². The molecule has 1 atom stereocenters. The largest absolute Gasteiger partial charge is 0.383 e. The molecule has 1 unspecified atom stereocenters. The fraction of sp³-hybridized carbons (Fsp3) is 0.600. The van der Waals surface area contributed by atoms with E-state index in [1.54, 1.807) is 0 Å². The number of allylic oxidation sites excluding steroid dienone is 1. The van der Waals surface area contributed by atoms with Crippen molar-refractivity contribution < 1.29 is 0 Å². The highest BCUT2D eigenvalue weighted by Gasteiger charge is 2.19. The van der Waals surface area contributed by atoms with Gasteiger partial charge in [-0.1, -0.05) is 26.0 Å². The van der Waals surface area contributed by atoms with E-state index in [4.69, 9.17) is 5.73 Å². The summed E-state index contributed by atoms with van der Waals surface area (Å²) in [5.74, 6) is 0.513. The minimum atomic E-state index is -0.361. The van der Waals surface area contributed by atoms with Gasteiger partial charge in [-0.2, -0.15) is 0 Å². The van der Waals surface area contributed by atoms with Gasteiger partial charge >= 0.3 is 5.69 Å². The number of hydrogen-bond acceptors (Lipinski definition) is 4. The van der Waals surface area contributed by atoms with Crippen molar-refractivity contribution in [3.05, 3.63) is 33.0 Å². The van der Waals surface area contributed by atoms with E-state index < -0.39 is 0 Å². The summed E-state index contributed by atoms with van der Waals surface area (Å²) in [5.41, 5.74) is 5.72. The third-order valence-corrected chi connectivity index (χ3v) is 3.75. The molecule has 0 spiro atoms. The number of aromatic nitrogens is 2. The molecule has 3 N–H and O–H groups in total. The third-order valence-electron chi connectivity index (χ3n) is 3.75. The fourth-order valence-electron chi connectivity index (χ4n) is 2.59. The summed E-state index contributed by atoms with van der Waals surface area (Å²) in [4.78, 5) is 24.5. The summed E-state index contributed by atoms with van der Waals surface area (Å²) in [7, 11) is 1.49. The highest BCUT2D eigenvalue weighted by atomic mass is 16.2. The highest BCUT2D eigenvalue weighted by Crippen LogP contribution is 2.19. The van der Waals surface area contributed by atoms with Crippen molar-refractivity contribution in [2.75, 3.05) is 11.1 Å². The molecule has 1 heterocycles. The Morgan fingerprint density at radius 3 is 2.67 bits per heavy atom. The standard InChI is InChI=1S/C15H24N4O2/c1-10(2)9-19-13(16)12(14(20)18(3)15(19)21)17-11-7-5-4-6-8-11/h4-5,10-11,17H,6-9,16H2,1-3H3. The van der Waals surface area contributed by atoms with E-state index in [9.17, 15) is 9.59 Å². The van der Waals surface area contributed by atoms with Gasteiger partial charge in [0, 0.05) is 19.6 Å². The van der Waals surface area contributed by atoms with Crippen molar-refractivity contribution in [3.63, 3.8) is 0 Å². The zero-order valence-electron chi connectivity index (χ0n) is 12.9. The molecule has 0 saturated heterocycles. The molecule has 0 fully saturated rings. The van der Waals surface area contributed by atoms with Gasteiger partial charge in [0.25, 0.3) is 5.56 Å². The second-order valence-corrected chi connectivity index (χ2v) is 6.04. The molecule has 0 saturated carbocycles. The van der Waals surface area contributed by atoms with Gasteiger partial charge in [0.2, 0.25) is 0 Å². The normalized spacial score (nSPS) is 18.2. The Bertz CT molecular complexity index is 655. The predicted molar refractivity (Wildman–Crippen MR) is 85.6 cm³/mol. The molecule has 1 aromatic rings. The van der Waals surface area contributed by atoms with E-state index in [0.29, 0.717) is 12.2 Å². The number of nitrogens with zero attached hydrogens (tertiary/aromatic N) is 2. The lowest BCUT2D eigenvalue weighted by molar-refractivity contribution is 0.493.